The van der Waals surface area contributed by atoms with Gasteiger partial charge in [0.2, 0.25) is 0 Å². The zero-order valence-electron chi connectivity index (χ0n) is 8.08. The second-order valence-corrected chi connectivity index (χ2v) is 4.31. The van der Waals surface area contributed by atoms with E-state index in [1.165, 1.54) is 25.7 Å². The third-order valence-electron chi connectivity index (χ3n) is 2.82. The molecule has 1 amide bonds. The van der Waals surface area contributed by atoms with Crippen LogP contribution in [0.1, 0.15) is 32.6 Å². The van der Waals surface area contributed by atoms with Gasteiger partial charge in [0, 0.05) is 6.04 Å². The Morgan fingerprint density at radius 3 is 2.69 bits per heavy atom. The van der Waals surface area contributed by atoms with Crippen molar-refractivity contribution in [3.8, 4) is 0 Å². The fourth-order valence-corrected chi connectivity index (χ4v) is 1.42. The average molecular weight is 183 g/mol. The van der Waals surface area contributed by atoms with Crippen LogP contribution in [0, 0.1) is 11.8 Å². The van der Waals surface area contributed by atoms with E-state index in [-0.39, 0.29) is 6.09 Å². The third kappa shape index (κ3) is 2.90. The first-order valence-electron chi connectivity index (χ1n) is 5.19. The lowest BCUT2D eigenvalue weighted by Crippen LogP contribution is -2.34. The van der Waals surface area contributed by atoms with E-state index < -0.39 is 0 Å². The van der Waals surface area contributed by atoms with Gasteiger partial charge in [-0.15, -0.1) is 0 Å². The van der Waals surface area contributed by atoms with Gasteiger partial charge < -0.3 is 10.1 Å². The Bertz CT molecular complexity index is 197. The second kappa shape index (κ2) is 3.56. The number of carbonyl (C=O) groups excluding carboxylic acids is 1. The van der Waals surface area contributed by atoms with E-state index in [9.17, 15) is 4.79 Å². The summed E-state index contributed by atoms with van der Waals surface area (Å²) >= 11 is 0. The van der Waals surface area contributed by atoms with E-state index in [2.05, 4.69) is 12.2 Å². The van der Waals surface area contributed by atoms with Crippen molar-refractivity contribution >= 4 is 6.09 Å². The van der Waals surface area contributed by atoms with Gasteiger partial charge in [-0.25, -0.2) is 4.79 Å². The molecule has 2 aliphatic carbocycles. The van der Waals surface area contributed by atoms with E-state index in [0.29, 0.717) is 24.5 Å². The molecule has 3 nitrogen and oxygen atoms in total. The Labute approximate surface area is 78.8 Å². The molecule has 74 valence electrons. The molecule has 0 aromatic heterocycles. The molecule has 0 spiro atoms. The first-order valence-corrected chi connectivity index (χ1v) is 5.19. The van der Waals surface area contributed by atoms with E-state index in [0.717, 1.165) is 0 Å². The monoisotopic (exact) mass is 183 g/mol. The summed E-state index contributed by atoms with van der Waals surface area (Å²) in [6.07, 6.45) is 4.73. The highest BCUT2D eigenvalue weighted by Crippen LogP contribution is 2.32. The van der Waals surface area contributed by atoms with Crippen molar-refractivity contribution in [1.82, 2.24) is 5.32 Å². The molecule has 2 saturated carbocycles. The molecule has 0 radical (unpaired) electrons. The predicted molar refractivity (Wildman–Crippen MR) is 49.4 cm³/mol. The molecule has 0 heterocycles. The topological polar surface area (TPSA) is 38.3 Å². The number of ether oxygens (including phenoxy) is 1. The quantitative estimate of drug-likeness (QED) is 0.723. The molecular weight excluding hydrogens is 166 g/mol. The lowest BCUT2D eigenvalue weighted by molar-refractivity contribution is 0.137. The summed E-state index contributed by atoms with van der Waals surface area (Å²) in [7, 11) is 0. The van der Waals surface area contributed by atoms with Crippen LogP contribution in [0.2, 0.25) is 0 Å². The average Bonchev–Trinajstić information content (AvgIpc) is 2.93. The Kier molecular flexibility index (Phi) is 2.42. The summed E-state index contributed by atoms with van der Waals surface area (Å²) in [6.45, 7) is 2.67. The first-order chi connectivity index (χ1) is 6.25. The highest BCUT2D eigenvalue weighted by molar-refractivity contribution is 5.67. The molecule has 0 aromatic carbocycles. The molecule has 1 atom stereocenters. The van der Waals surface area contributed by atoms with Crippen LogP contribution in [0.4, 0.5) is 4.79 Å². The van der Waals surface area contributed by atoms with Gasteiger partial charge in [-0.1, -0.05) is 0 Å². The van der Waals surface area contributed by atoms with Gasteiger partial charge in [-0.05, 0) is 44.4 Å². The van der Waals surface area contributed by atoms with Gasteiger partial charge in [-0.2, -0.15) is 0 Å². The largest absolute Gasteiger partial charge is 0.449 e. The molecule has 0 aliphatic heterocycles. The molecule has 13 heavy (non-hydrogen) atoms. The van der Waals surface area contributed by atoms with Crippen molar-refractivity contribution in [1.29, 1.82) is 0 Å². The number of hydrogen-bond donors (Lipinski definition) is 1. The van der Waals surface area contributed by atoms with Crippen molar-refractivity contribution < 1.29 is 9.53 Å². The van der Waals surface area contributed by atoms with Crippen LogP contribution in [0.25, 0.3) is 0 Å². The predicted octanol–water partition coefficient (Wildman–Crippen LogP) is 1.92. The maximum absolute atomic E-state index is 11.2. The van der Waals surface area contributed by atoms with Gasteiger partial charge in [-0.3, -0.25) is 0 Å². The minimum absolute atomic E-state index is 0.230. The van der Waals surface area contributed by atoms with E-state index in [1.54, 1.807) is 0 Å². The SMILES string of the molecule is CC(NC(=O)OCC1CC1)C1CC1. The molecule has 0 saturated heterocycles. The summed E-state index contributed by atoms with van der Waals surface area (Å²) < 4.78 is 5.06. The Morgan fingerprint density at radius 2 is 2.15 bits per heavy atom. The van der Waals surface area contributed by atoms with Gasteiger partial charge in [0.15, 0.2) is 0 Å². The molecule has 1 unspecified atom stereocenters. The number of alkyl carbamates (subject to hydrolysis) is 1. The van der Waals surface area contributed by atoms with Crippen LogP contribution in [0.15, 0.2) is 0 Å². The number of rotatable bonds is 4. The Hall–Kier alpha value is -0.730. The molecule has 1 N–H and O–H groups in total. The molecule has 0 bridgehead atoms. The van der Waals surface area contributed by atoms with Crippen LogP contribution in [0.3, 0.4) is 0 Å². The number of hydrogen-bond acceptors (Lipinski definition) is 2. The molecule has 0 aromatic rings. The van der Waals surface area contributed by atoms with Crippen LogP contribution in [0.5, 0.6) is 0 Å². The zero-order valence-corrected chi connectivity index (χ0v) is 8.08. The van der Waals surface area contributed by atoms with Crippen molar-refractivity contribution in [3.63, 3.8) is 0 Å². The van der Waals surface area contributed by atoms with Crippen LogP contribution in [-0.2, 0) is 4.74 Å². The normalized spacial score (nSPS) is 23.8. The van der Waals surface area contributed by atoms with Gasteiger partial charge in [0.1, 0.15) is 0 Å². The standard InChI is InChI=1S/C10H17NO2/c1-7(9-4-5-9)11-10(12)13-6-8-2-3-8/h7-9H,2-6H2,1H3,(H,11,12). The maximum Gasteiger partial charge on any atom is 0.407 e. The summed E-state index contributed by atoms with van der Waals surface area (Å²) in [5.74, 6) is 1.36. The number of carbonyl (C=O) groups is 1. The van der Waals surface area contributed by atoms with Gasteiger partial charge in [0.25, 0.3) is 0 Å². The summed E-state index contributed by atoms with van der Waals surface area (Å²) in [4.78, 5) is 11.2. The van der Waals surface area contributed by atoms with Crippen LogP contribution >= 0.6 is 0 Å². The maximum atomic E-state index is 11.2. The molecule has 2 aliphatic rings. The van der Waals surface area contributed by atoms with E-state index in [1.807, 2.05) is 0 Å². The first kappa shape index (κ1) is 8.85. The number of amides is 1. The Morgan fingerprint density at radius 1 is 1.46 bits per heavy atom. The minimum atomic E-state index is -0.230. The Balaban J connectivity index is 1.58. The molecule has 2 rings (SSSR count). The smallest absolute Gasteiger partial charge is 0.407 e. The fourth-order valence-electron chi connectivity index (χ4n) is 1.42. The molecule has 2 fully saturated rings. The summed E-state index contributed by atoms with van der Waals surface area (Å²) in [5, 5.41) is 2.86. The van der Waals surface area contributed by atoms with Gasteiger partial charge >= 0.3 is 6.09 Å². The number of nitrogens with one attached hydrogen (secondary N) is 1. The van der Waals surface area contributed by atoms with E-state index in [4.69, 9.17) is 4.74 Å². The lowest BCUT2D eigenvalue weighted by atomic mass is 10.2. The van der Waals surface area contributed by atoms with Crippen molar-refractivity contribution in [2.75, 3.05) is 6.61 Å². The van der Waals surface area contributed by atoms with E-state index >= 15 is 0 Å². The summed E-state index contributed by atoms with van der Waals surface area (Å²) in [5.41, 5.74) is 0. The zero-order chi connectivity index (χ0) is 9.26. The van der Waals surface area contributed by atoms with Crippen molar-refractivity contribution in [2.24, 2.45) is 11.8 Å². The lowest BCUT2D eigenvalue weighted by Gasteiger charge is -2.12. The third-order valence-corrected chi connectivity index (χ3v) is 2.82. The van der Waals surface area contributed by atoms with Crippen LogP contribution in [-0.4, -0.2) is 18.7 Å². The van der Waals surface area contributed by atoms with Crippen molar-refractivity contribution in [3.05, 3.63) is 0 Å². The minimum Gasteiger partial charge on any atom is -0.449 e. The molecular formula is C10H17NO2. The highest BCUT2D eigenvalue weighted by atomic mass is 16.5. The molecule has 3 heteroatoms. The second-order valence-electron chi connectivity index (χ2n) is 4.31. The van der Waals surface area contributed by atoms with Gasteiger partial charge in [0.05, 0.1) is 6.61 Å². The fraction of sp³-hybridized carbons (Fsp3) is 0.900. The summed E-state index contributed by atoms with van der Waals surface area (Å²) in [6, 6.07) is 0.298. The van der Waals surface area contributed by atoms with Crippen LogP contribution < -0.4 is 5.32 Å². The van der Waals surface area contributed by atoms with Crippen molar-refractivity contribution in [2.45, 2.75) is 38.6 Å². The highest BCUT2D eigenvalue weighted by Gasteiger charge is 2.29.